The van der Waals surface area contributed by atoms with Gasteiger partial charge in [0.1, 0.15) is 10.7 Å². The first-order valence-corrected chi connectivity index (χ1v) is 7.23. The lowest BCUT2D eigenvalue weighted by atomic mass is 10.1. The molecule has 110 valence electrons. The topological polar surface area (TPSA) is 38.5 Å². The predicted octanol–water partition coefficient (Wildman–Crippen LogP) is 3.62. The Morgan fingerprint density at radius 1 is 1.24 bits per heavy atom. The van der Waals surface area contributed by atoms with Crippen molar-refractivity contribution in [3.63, 3.8) is 0 Å². The molecule has 0 bridgehead atoms. The van der Waals surface area contributed by atoms with E-state index in [1.54, 1.807) is 7.11 Å². The minimum absolute atomic E-state index is 0.403. The maximum absolute atomic E-state index is 6.06. The molecule has 0 aliphatic rings. The summed E-state index contributed by atoms with van der Waals surface area (Å²) in [6.07, 6.45) is 0. The molecule has 2 aromatic carbocycles. The summed E-state index contributed by atoms with van der Waals surface area (Å²) in [5.74, 6) is 0.825. The van der Waals surface area contributed by atoms with Crippen LogP contribution in [0.5, 0.6) is 5.75 Å². The number of ether oxygens (including phenoxy) is 1. The van der Waals surface area contributed by atoms with Crippen molar-refractivity contribution in [2.24, 2.45) is 5.73 Å². The van der Waals surface area contributed by atoms with Crippen molar-refractivity contribution in [1.82, 2.24) is 0 Å². The molecule has 0 aromatic heterocycles. The smallest absolute Gasteiger partial charge is 0.123 e. The third kappa shape index (κ3) is 3.86. The number of nitrogens with zero attached hydrogens (tertiary/aromatic N) is 1. The van der Waals surface area contributed by atoms with Crippen LogP contribution in [-0.4, -0.2) is 19.1 Å². The third-order valence-electron chi connectivity index (χ3n) is 3.24. The molecule has 0 radical (unpaired) electrons. The summed E-state index contributed by atoms with van der Waals surface area (Å²) in [6.45, 7) is 0.691. The summed E-state index contributed by atoms with van der Waals surface area (Å²) in [5, 5.41) is 0.697. The Bertz CT molecular complexity index is 643. The van der Waals surface area contributed by atoms with Gasteiger partial charge in [0.2, 0.25) is 0 Å². The molecule has 5 heteroatoms. The van der Waals surface area contributed by atoms with Crippen LogP contribution in [0, 0.1) is 0 Å². The van der Waals surface area contributed by atoms with Crippen LogP contribution in [0.2, 0.25) is 5.02 Å². The van der Waals surface area contributed by atoms with Gasteiger partial charge in [0.15, 0.2) is 0 Å². The Balaban J connectivity index is 2.19. The molecular formula is C16H17ClN2OS. The number of benzene rings is 2. The van der Waals surface area contributed by atoms with Crippen LogP contribution in [0.15, 0.2) is 42.5 Å². The van der Waals surface area contributed by atoms with Crippen LogP contribution in [0.4, 0.5) is 5.69 Å². The predicted molar refractivity (Wildman–Crippen MR) is 92.4 cm³/mol. The van der Waals surface area contributed by atoms with Crippen LogP contribution in [0.25, 0.3) is 0 Å². The summed E-state index contributed by atoms with van der Waals surface area (Å²) >= 11 is 11.0. The molecule has 0 fully saturated rings. The van der Waals surface area contributed by atoms with Crippen LogP contribution in [0.1, 0.15) is 11.1 Å². The molecule has 0 unspecified atom stereocenters. The average molecular weight is 321 g/mol. The monoisotopic (exact) mass is 320 g/mol. The van der Waals surface area contributed by atoms with Crippen molar-refractivity contribution in [3.8, 4) is 5.75 Å². The Labute approximate surface area is 135 Å². The maximum Gasteiger partial charge on any atom is 0.123 e. The van der Waals surface area contributed by atoms with Gasteiger partial charge in [-0.15, -0.1) is 0 Å². The van der Waals surface area contributed by atoms with Gasteiger partial charge in [-0.1, -0.05) is 23.8 Å². The standard InChI is InChI=1S/C16H17ClN2OS/c1-19(14-6-3-11(4-7-14)16(18)21)10-12-9-13(17)5-8-15(12)20-2/h3-9H,10H2,1-2H3,(H2,18,21). The van der Waals surface area contributed by atoms with Gasteiger partial charge in [-0.05, 0) is 42.5 Å². The van der Waals surface area contributed by atoms with E-state index < -0.39 is 0 Å². The van der Waals surface area contributed by atoms with Crippen LogP contribution in [-0.2, 0) is 6.54 Å². The number of hydrogen-bond acceptors (Lipinski definition) is 3. The molecule has 3 nitrogen and oxygen atoms in total. The number of anilines is 1. The zero-order chi connectivity index (χ0) is 15.4. The molecular weight excluding hydrogens is 304 g/mol. The highest BCUT2D eigenvalue weighted by Gasteiger charge is 2.08. The van der Waals surface area contributed by atoms with Crippen LogP contribution < -0.4 is 15.4 Å². The first-order chi connectivity index (χ1) is 10.0. The van der Waals surface area contributed by atoms with E-state index in [4.69, 9.17) is 34.3 Å². The summed E-state index contributed by atoms with van der Waals surface area (Å²) < 4.78 is 5.37. The van der Waals surface area contributed by atoms with Crippen molar-refractivity contribution >= 4 is 34.5 Å². The highest BCUT2D eigenvalue weighted by molar-refractivity contribution is 7.80. The second-order valence-corrected chi connectivity index (χ2v) is 5.60. The van der Waals surface area contributed by atoms with Gasteiger partial charge < -0.3 is 15.4 Å². The minimum Gasteiger partial charge on any atom is -0.496 e. The van der Waals surface area contributed by atoms with E-state index in [9.17, 15) is 0 Å². The Morgan fingerprint density at radius 3 is 2.48 bits per heavy atom. The Kier molecular flexibility index (Phi) is 5.04. The molecule has 2 aromatic rings. The van der Waals surface area contributed by atoms with E-state index in [1.807, 2.05) is 49.5 Å². The van der Waals surface area contributed by atoms with Gasteiger partial charge in [0.25, 0.3) is 0 Å². The van der Waals surface area contributed by atoms with E-state index in [1.165, 1.54) is 0 Å². The molecule has 0 heterocycles. The highest BCUT2D eigenvalue weighted by Crippen LogP contribution is 2.25. The number of rotatable bonds is 5. The first-order valence-electron chi connectivity index (χ1n) is 6.44. The van der Waals surface area contributed by atoms with Crippen molar-refractivity contribution in [3.05, 3.63) is 58.6 Å². The number of methoxy groups -OCH3 is 1. The molecule has 21 heavy (non-hydrogen) atoms. The third-order valence-corrected chi connectivity index (χ3v) is 3.71. The van der Waals surface area contributed by atoms with Crippen LogP contribution in [0.3, 0.4) is 0 Å². The van der Waals surface area contributed by atoms with E-state index >= 15 is 0 Å². The van der Waals surface area contributed by atoms with Crippen molar-refractivity contribution in [2.45, 2.75) is 6.54 Å². The van der Waals surface area contributed by atoms with E-state index in [-0.39, 0.29) is 0 Å². The summed E-state index contributed by atoms with van der Waals surface area (Å²) in [4.78, 5) is 2.51. The number of thiocarbonyl (C=S) groups is 1. The lowest BCUT2D eigenvalue weighted by Crippen LogP contribution is -2.17. The molecule has 2 N–H and O–H groups in total. The van der Waals surface area contributed by atoms with Gasteiger partial charge in [-0.3, -0.25) is 0 Å². The zero-order valence-electron chi connectivity index (χ0n) is 12.0. The van der Waals surface area contributed by atoms with E-state index in [0.29, 0.717) is 16.6 Å². The SMILES string of the molecule is COc1ccc(Cl)cc1CN(C)c1ccc(C(N)=S)cc1. The fourth-order valence-corrected chi connectivity index (χ4v) is 2.43. The number of nitrogens with two attached hydrogens (primary N) is 1. The summed E-state index contributed by atoms with van der Waals surface area (Å²) in [6, 6.07) is 13.4. The normalized spacial score (nSPS) is 10.2. The molecule has 0 spiro atoms. The van der Waals surface area contributed by atoms with Crippen molar-refractivity contribution < 1.29 is 4.74 Å². The molecule has 0 saturated heterocycles. The van der Waals surface area contributed by atoms with Gasteiger partial charge in [-0.2, -0.15) is 0 Å². The van der Waals surface area contributed by atoms with Crippen LogP contribution >= 0.6 is 23.8 Å². The average Bonchev–Trinajstić information content (AvgIpc) is 2.47. The molecule has 0 aliphatic heterocycles. The minimum atomic E-state index is 0.403. The van der Waals surface area contributed by atoms with E-state index in [2.05, 4.69) is 4.90 Å². The lowest BCUT2D eigenvalue weighted by molar-refractivity contribution is 0.409. The van der Waals surface area contributed by atoms with E-state index in [0.717, 1.165) is 22.6 Å². The summed E-state index contributed by atoms with van der Waals surface area (Å²) in [7, 11) is 3.67. The fraction of sp³-hybridized carbons (Fsp3) is 0.188. The molecule has 0 aliphatic carbocycles. The molecule has 0 amide bonds. The lowest BCUT2D eigenvalue weighted by Gasteiger charge is -2.21. The van der Waals surface area contributed by atoms with Gasteiger partial charge in [-0.25, -0.2) is 0 Å². The summed E-state index contributed by atoms with van der Waals surface area (Å²) in [5.41, 5.74) is 8.57. The van der Waals surface area contributed by atoms with Gasteiger partial charge in [0, 0.05) is 35.4 Å². The largest absolute Gasteiger partial charge is 0.496 e. The maximum atomic E-state index is 6.06. The Morgan fingerprint density at radius 2 is 1.90 bits per heavy atom. The Hall–Kier alpha value is -1.78. The quantitative estimate of drug-likeness (QED) is 0.854. The fourth-order valence-electron chi connectivity index (χ4n) is 2.10. The van der Waals surface area contributed by atoms with Crippen molar-refractivity contribution in [1.29, 1.82) is 0 Å². The van der Waals surface area contributed by atoms with Crippen molar-refractivity contribution in [2.75, 3.05) is 19.1 Å². The number of halogens is 1. The molecule has 0 saturated carbocycles. The van der Waals surface area contributed by atoms with Gasteiger partial charge in [0.05, 0.1) is 7.11 Å². The zero-order valence-corrected chi connectivity index (χ0v) is 13.5. The van der Waals surface area contributed by atoms with Gasteiger partial charge >= 0.3 is 0 Å². The second-order valence-electron chi connectivity index (χ2n) is 4.72. The highest BCUT2D eigenvalue weighted by atomic mass is 35.5. The molecule has 2 rings (SSSR count). The molecule has 0 atom stereocenters. The number of hydrogen-bond donors (Lipinski definition) is 1. The first kappa shape index (κ1) is 15.6. The second kappa shape index (κ2) is 6.78.